The number of hydrogen-bond acceptors (Lipinski definition) is 4. The normalized spacial score (nSPS) is 14.6. The second kappa shape index (κ2) is 9.51. The molecular weight excluding hydrogens is 398 g/mol. The van der Waals surface area contributed by atoms with Gasteiger partial charge in [-0.1, -0.05) is 43.3 Å². The first-order valence-electron chi connectivity index (χ1n) is 10.5. The van der Waals surface area contributed by atoms with Gasteiger partial charge in [0.05, 0.1) is 17.1 Å². The maximum absolute atomic E-state index is 13.4. The van der Waals surface area contributed by atoms with Gasteiger partial charge in [0.25, 0.3) is 0 Å². The molecule has 0 unspecified atom stereocenters. The predicted molar refractivity (Wildman–Crippen MR) is 122 cm³/mol. The van der Waals surface area contributed by atoms with Crippen molar-refractivity contribution in [3.8, 4) is 0 Å². The third-order valence-electron chi connectivity index (χ3n) is 5.42. The number of rotatable bonds is 7. The molecule has 2 aromatic carbocycles. The lowest BCUT2D eigenvalue weighted by Crippen LogP contribution is -2.48. The first kappa shape index (κ1) is 22.2. The topological polar surface area (TPSA) is 60.9 Å². The summed E-state index contributed by atoms with van der Waals surface area (Å²) in [6.45, 7) is 8.66. The van der Waals surface area contributed by atoms with Gasteiger partial charge in [-0.05, 0) is 36.6 Å². The summed E-state index contributed by atoms with van der Waals surface area (Å²) in [5, 5.41) is 0. The molecular formula is C23H31N3O3S. The van der Waals surface area contributed by atoms with Crippen LogP contribution in [0.5, 0.6) is 0 Å². The fourth-order valence-corrected chi connectivity index (χ4v) is 5.51. The van der Waals surface area contributed by atoms with Crippen molar-refractivity contribution < 1.29 is 13.2 Å². The van der Waals surface area contributed by atoms with Crippen molar-refractivity contribution in [3.05, 3.63) is 59.7 Å². The molecule has 0 radical (unpaired) electrons. The highest BCUT2D eigenvalue weighted by Gasteiger charge is 2.28. The molecule has 1 fully saturated rings. The van der Waals surface area contributed by atoms with Crippen molar-refractivity contribution in [2.45, 2.75) is 32.9 Å². The maximum atomic E-state index is 13.4. The summed E-state index contributed by atoms with van der Waals surface area (Å²) in [4.78, 5) is 15.7. The Morgan fingerprint density at radius 2 is 1.70 bits per heavy atom. The number of nitrogens with zero attached hydrogens (tertiary/aromatic N) is 3. The summed E-state index contributed by atoms with van der Waals surface area (Å²) in [6, 6.07) is 15.3. The van der Waals surface area contributed by atoms with Gasteiger partial charge in [0.15, 0.2) is 0 Å². The molecule has 0 aliphatic carbocycles. The van der Waals surface area contributed by atoms with Gasteiger partial charge in [0.1, 0.15) is 0 Å². The van der Waals surface area contributed by atoms with Crippen LogP contribution in [0.1, 0.15) is 31.4 Å². The largest absolute Gasteiger partial charge is 0.366 e. The van der Waals surface area contributed by atoms with Crippen LogP contribution < -0.4 is 9.21 Å². The molecule has 1 aliphatic rings. The van der Waals surface area contributed by atoms with Crippen LogP contribution in [0.25, 0.3) is 0 Å². The Balaban J connectivity index is 1.94. The zero-order valence-corrected chi connectivity index (χ0v) is 18.9. The van der Waals surface area contributed by atoms with Gasteiger partial charge in [-0.2, -0.15) is 0 Å². The first-order chi connectivity index (χ1) is 14.3. The molecule has 1 saturated heterocycles. The molecule has 0 aromatic heterocycles. The highest BCUT2D eigenvalue weighted by atomic mass is 32.2. The quantitative estimate of drug-likeness (QED) is 0.677. The van der Waals surface area contributed by atoms with E-state index >= 15 is 0 Å². The first-order valence-corrected chi connectivity index (χ1v) is 12.1. The monoisotopic (exact) mass is 429 g/mol. The van der Waals surface area contributed by atoms with Crippen LogP contribution in [0.3, 0.4) is 0 Å². The van der Waals surface area contributed by atoms with E-state index in [0.29, 0.717) is 32.7 Å². The Bertz CT molecular complexity index is 968. The third-order valence-corrected chi connectivity index (χ3v) is 7.17. The number of aryl methyl sites for hydroxylation is 1. The highest BCUT2D eigenvalue weighted by molar-refractivity contribution is 7.92. The lowest BCUT2D eigenvalue weighted by Gasteiger charge is -2.38. The van der Waals surface area contributed by atoms with E-state index in [1.807, 2.05) is 67.3 Å². The van der Waals surface area contributed by atoms with E-state index in [1.165, 1.54) is 0 Å². The number of piperazine rings is 1. The lowest BCUT2D eigenvalue weighted by molar-refractivity contribution is -0.129. The predicted octanol–water partition coefficient (Wildman–Crippen LogP) is 3.41. The third kappa shape index (κ3) is 5.14. The maximum Gasteiger partial charge on any atom is 0.239 e. The summed E-state index contributed by atoms with van der Waals surface area (Å²) in [7, 11) is -3.55. The Morgan fingerprint density at radius 1 is 1.03 bits per heavy atom. The van der Waals surface area contributed by atoms with E-state index in [9.17, 15) is 13.2 Å². The Labute approximate surface area is 180 Å². The molecule has 162 valence electrons. The van der Waals surface area contributed by atoms with Gasteiger partial charge in [0.2, 0.25) is 15.9 Å². The number of sulfonamides is 1. The number of carbonyl (C=O) groups excluding carboxylic acids is 1. The Kier molecular flexibility index (Phi) is 7.02. The smallest absolute Gasteiger partial charge is 0.239 e. The van der Waals surface area contributed by atoms with Crippen LogP contribution in [0.15, 0.2) is 48.5 Å². The summed E-state index contributed by atoms with van der Waals surface area (Å²) < 4.78 is 28.4. The molecule has 3 rings (SSSR count). The van der Waals surface area contributed by atoms with Crippen LogP contribution in [-0.2, 0) is 20.6 Å². The van der Waals surface area contributed by atoms with E-state index in [-0.39, 0.29) is 11.7 Å². The summed E-state index contributed by atoms with van der Waals surface area (Å²) >= 11 is 0. The van der Waals surface area contributed by atoms with E-state index in [2.05, 4.69) is 4.90 Å². The molecule has 6 nitrogen and oxygen atoms in total. The summed E-state index contributed by atoms with van der Waals surface area (Å²) in [5.74, 6) is 0.0520. The van der Waals surface area contributed by atoms with Gasteiger partial charge in [-0.3, -0.25) is 9.10 Å². The van der Waals surface area contributed by atoms with Crippen molar-refractivity contribution >= 4 is 27.3 Å². The van der Waals surface area contributed by atoms with E-state index in [1.54, 1.807) is 11.2 Å². The van der Waals surface area contributed by atoms with E-state index in [4.69, 9.17) is 0 Å². The molecule has 0 bridgehead atoms. The van der Waals surface area contributed by atoms with E-state index < -0.39 is 10.0 Å². The minimum Gasteiger partial charge on any atom is -0.366 e. The number of hydrogen-bond donors (Lipinski definition) is 0. The molecule has 1 aliphatic heterocycles. The van der Waals surface area contributed by atoms with Crippen molar-refractivity contribution in [2.24, 2.45) is 0 Å². The van der Waals surface area contributed by atoms with Crippen LogP contribution in [0.2, 0.25) is 0 Å². The molecule has 0 saturated carbocycles. The standard InChI is InChI=1S/C23H31N3O3S/c1-4-12-26(30(28,29)18-21-8-6-5-7-9-21)23-17-19(2)10-11-22(23)25-15-13-24(14-16-25)20(3)27/h5-11,17H,4,12-16,18H2,1-3H3. The SMILES string of the molecule is CCCN(c1cc(C)ccc1N1CCN(C(C)=O)CC1)S(=O)(=O)Cc1ccccc1. The second-order valence-corrected chi connectivity index (χ2v) is 9.69. The van der Waals surface area contributed by atoms with Crippen molar-refractivity contribution in [2.75, 3.05) is 41.9 Å². The van der Waals surface area contributed by atoms with Gasteiger partial charge in [0, 0.05) is 39.6 Å². The average Bonchev–Trinajstić information content (AvgIpc) is 2.72. The van der Waals surface area contributed by atoms with Crippen LogP contribution in [-0.4, -0.2) is 51.9 Å². The van der Waals surface area contributed by atoms with Crippen LogP contribution in [0.4, 0.5) is 11.4 Å². The van der Waals surface area contributed by atoms with Crippen molar-refractivity contribution in [1.29, 1.82) is 0 Å². The highest BCUT2D eigenvalue weighted by Crippen LogP contribution is 2.34. The van der Waals surface area contributed by atoms with Crippen molar-refractivity contribution in [1.82, 2.24) is 4.90 Å². The second-order valence-electron chi connectivity index (χ2n) is 7.80. The molecule has 0 N–H and O–H groups in total. The Hall–Kier alpha value is -2.54. The molecule has 1 heterocycles. The minimum atomic E-state index is -3.55. The molecule has 1 amide bonds. The molecule has 0 atom stereocenters. The van der Waals surface area contributed by atoms with E-state index in [0.717, 1.165) is 28.9 Å². The van der Waals surface area contributed by atoms with Gasteiger partial charge < -0.3 is 9.80 Å². The van der Waals surface area contributed by atoms with Crippen LogP contribution in [0, 0.1) is 6.92 Å². The number of benzene rings is 2. The molecule has 2 aromatic rings. The molecule has 30 heavy (non-hydrogen) atoms. The molecule has 0 spiro atoms. The van der Waals surface area contributed by atoms with Crippen molar-refractivity contribution in [3.63, 3.8) is 0 Å². The van der Waals surface area contributed by atoms with Gasteiger partial charge in [-0.25, -0.2) is 8.42 Å². The fraction of sp³-hybridized carbons (Fsp3) is 0.435. The fourth-order valence-electron chi connectivity index (χ4n) is 3.84. The van der Waals surface area contributed by atoms with Crippen LogP contribution >= 0.6 is 0 Å². The van der Waals surface area contributed by atoms with Gasteiger partial charge >= 0.3 is 0 Å². The zero-order valence-electron chi connectivity index (χ0n) is 18.0. The number of amides is 1. The minimum absolute atomic E-state index is 0.0284. The number of carbonyl (C=O) groups is 1. The molecule has 7 heteroatoms. The number of anilines is 2. The summed E-state index contributed by atoms with van der Waals surface area (Å²) in [6.07, 6.45) is 0.722. The average molecular weight is 430 g/mol. The zero-order chi connectivity index (χ0) is 21.7. The van der Waals surface area contributed by atoms with Gasteiger partial charge in [-0.15, -0.1) is 0 Å². The Morgan fingerprint density at radius 3 is 2.30 bits per heavy atom. The lowest BCUT2D eigenvalue weighted by atomic mass is 10.1. The summed E-state index contributed by atoms with van der Waals surface area (Å²) in [5.41, 5.74) is 3.44.